The Morgan fingerprint density at radius 2 is 1.40 bits per heavy atom. The minimum atomic E-state index is -0.312. The Bertz CT molecular complexity index is 1040. The summed E-state index contributed by atoms with van der Waals surface area (Å²) in [7, 11) is 0. The van der Waals surface area contributed by atoms with Crippen LogP contribution in [0.15, 0.2) is 78.9 Å². The Hall–Kier alpha value is -3.11. The molecule has 2 heterocycles. The van der Waals surface area contributed by atoms with Crippen molar-refractivity contribution in [3.8, 4) is 11.5 Å². The summed E-state index contributed by atoms with van der Waals surface area (Å²) in [6.45, 7) is 3.12. The van der Waals surface area contributed by atoms with Crippen molar-refractivity contribution in [2.75, 3.05) is 13.1 Å². The van der Waals surface area contributed by atoms with Crippen LogP contribution in [0.1, 0.15) is 22.6 Å². The van der Waals surface area contributed by atoms with Gasteiger partial charge < -0.3 is 10.1 Å². The molecule has 2 aliphatic heterocycles. The Morgan fingerprint density at radius 1 is 0.833 bits per heavy atom. The molecule has 0 spiro atoms. The highest BCUT2D eigenvalue weighted by molar-refractivity contribution is 5.90. The third kappa shape index (κ3) is 2.99. The summed E-state index contributed by atoms with van der Waals surface area (Å²) < 4.78 is 6.04. The molecular weight excluding hydrogens is 372 g/mol. The number of amides is 1. The molecule has 1 aliphatic carbocycles. The van der Waals surface area contributed by atoms with E-state index in [1.165, 1.54) is 5.56 Å². The van der Waals surface area contributed by atoms with Crippen molar-refractivity contribution in [3.05, 3.63) is 95.6 Å². The summed E-state index contributed by atoms with van der Waals surface area (Å²) >= 11 is 0. The molecular formula is C26H24N2O2. The summed E-state index contributed by atoms with van der Waals surface area (Å²) in [5, 5.41) is 3.37. The van der Waals surface area contributed by atoms with Crippen molar-refractivity contribution in [2.24, 2.45) is 11.8 Å². The summed E-state index contributed by atoms with van der Waals surface area (Å²) in [6, 6.07) is 26.7. The van der Waals surface area contributed by atoms with E-state index in [1.54, 1.807) is 0 Å². The zero-order valence-electron chi connectivity index (χ0n) is 16.7. The third-order valence-corrected chi connectivity index (χ3v) is 6.77. The van der Waals surface area contributed by atoms with E-state index in [1.807, 2.05) is 48.5 Å². The SMILES string of the molecule is O=C(N[C@H]1[C@@H]2CN(Cc3ccccc3)C[C@@H]21)C1c2ccccc2Oc2ccccc21. The molecule has 2 fully saturated rings. The molecule has 30 heavy (non-hydrogen) atoms. The minimum absolute atomic E-state index is 0.0900. The number of para-hydroxylation sites is 2. The lowest BCUT2D eigenvalue weighted by atomic mass is 9.87. The number of hydrogen-bond acceptors (Lipinski definition) is 3. The lowest BCUT2D eigenvalue weighted by Gasteiger charge is -2.28. The molecule has 1 saturated carbocycles. The summed E-state index contributed by atoms with van der Waals surface area (Å²) in [4.78, 5) is 15.9. The van der Waals surface area contributed by atoms with E-state index in [2.05, 4.69) is 40.5 Å². The van der Waals surface area contributed by atoms with Gasteiger partial charge in [0.25, 0.3) is 0 Å². The highest BCUT2D eigenvalue weighted by atomic mass is 16.5. The number of nitrogens with zero attached hydrogens (tertiary/aromatic N) is 1. The molecule has 3 aromatic rings. The van der Waals surface area contributed by atoms with Gasteiger partial charge in [-0.2, -0.15) is 0 Å². The standard InChI is InChI=1S/C26H24N2O2/c29-26(24-18-10-4-6-12-22(18)30-23-13-7-5-11-19(23)24)27-25-20-15-28(16-21(20)25)14-17-8-2-1-3-9-17/h1-13,20-21,24-25H,14-16H2,(H,27,29)/t20-,21+,25+. The number of nitrogens with one attached hydrogen (secondary N) is 1. The minimum Gasteiger partial charge on any atom is -0.457 e. The van der Waals surface area contributed by atoms with E-state index < -0.39 is 0 Å². The van der Waals surface area contributed by atoms with Gasteiger partial charge in [0.1, 0.15) is 11.5 Å². The third-order valence-electron chi connectivity index (χ3n) is 6.77. The van der Waals surface area contributed by atoms with Crippen LogP contribution in [-0.4, -0.2) is 29.9 Å². The lowest BCUT2D eigenvalue weighted by Crippen LogP contribution is -2.38. The molecule has 6 rings (SSSR count). The molecule has 150 valence electrons. The van der Waals surface area contributed by atoms with Gasteiger partial charge in [-0.3, -0.25) is 9.69 Å². The predicted octanol–water partition coefficient (Wildman–Crippen LogP) is 4.17. The zero-order valence-corrected chi connectivity index (χ0v) is 16.7. The molecule has 0 radical (unpaired) electrons. The molecule has 4 nitrogen and oxygen atoms in total. The van der Waals surface area contributed by atoms with Crippen molar-refractivity contribution < 1.29 is 9.53 Å². The number of ether oxygens (including phenoxy) is 1. The van der Waals surface area contributed by atoms with Crippen LogP contribution >= 0.6 is 0 Å². The van der Waals surface area contributed by atoms with Crippen LogP contribution in [0.3, 0.4) is 0 Å². The van der Waals surface area contributed by atoms with Gasteiger partial charge in [-0.05, 0) is 29.5 Å². The number of likely N-dealkylation sites (tertiary alicyclic amines) is 1. The lowest BCUT2D eigenvalue weighted by molar-refractivity contribution is -0.122. The Balaban J connectivity index is 1.16. The van der Waals surface area contributed by atoms with Crippen LogP contribution in [0.5, 0.6) is 11.5 Å². The first-order valence-electron chi connectivity index (χ1n) is 10.7. The molecule has 3 aliphatic rings. The van der Waals surface area contributed by atoms with Crippen LogP contribution in [0.25, 0.3) is 0 Å². The topological polar surface area (TPSA) is 41.6 Å². The first kappa shape index (κ1) is 17.7. The average molecular weight is 396 g/mol. The zero-order chi connectivity index (χ0) is 20.1. The Labute approximate surface area is 176 Å². The fraction of sp³-hybridized carbons (Fsp3) is 0.269. The predicted molar refractivity (Wildman–Crippen MR) is 115 cm³/mol. The average Bonchev–Trinajstić information content (AvgIpc) is 3.21. The van der Waals surface area contributed by atoms with Crippen molar-refractivity contribution in [3.63, 3.8) is 0 Å². The van der Waals surface area contributed by atoms with Crippen LogP contribution in [0.2, 0.25) is 0 Å². The Morgan fingerprint density at radius 3 is 2.03 bits per heavy atom. The molecule has 3 atom stereocenters. The van der Waals surface area contributed by atoms with Crippen LogP contribution in [0, 0.1) is 11.8 Å². The van der Waals surface area contributed by atoms with Gasteiger partial charge in [0.2, 0.25) is 5.91 Å². The molecule has 0 bridgehead atoms. The van der Waals surface area contributed by atoms with Gasteiger partial charge in [0.15, 0.2) is 0 Å². The highest BCUT2D eigenvalue weighted by Crippen LogP contribution is 2.48. The molecule has 3 aromatic carbocycles. The van der Waals surface area contributed by atoms with E-state index in [0.717, 1.165) is 42.3 Å². The smallest absolute Gasteiger partial charge is 0.232 e. The van der Waals surface area contributed by atoms with Crippen LogP contribution in [-0.2, 0) is 11.3 Å². The fourth-order valence-electron chi connectivity index (χ4n) is 5.24. The molecule has 4 heteroatoms. The number of piperidine rings is 1. The van der Waals surface area contributed by atoms with Gasteiger partial charge in [-0.15, -0.1) is 0 Å². The summed E-state index contributed by atoms with van der Waals surface area (Å²) in [5.74, 6) is 2.48. The number of carbonyl (C=O) groups excluding carboxylic acids is 1. The largest absolute Gasteiger partial charge is 0.457 e. The maximum atomic E-state index is 13.4. The molecule has 0 unspecified atom stereocenters. The van der Waals surface area contributed by atoms with E-state index in [9.17, 15) is 4.79 Å². The number of hydrogen-bond donors (Lipinski definition) is 1. The summed E-state index contributed by atoms with van der Waals surface area (Å²) in [5.41, 5.74) is 3.25. The molecule has 1 saturated heterocycles. The second kappa shape index (κ2) is 6.99. The highest BCUT2D eigenvalue weighted by Gasteiger charge is 2.56. The monoisotopic (exact) mass is 396 g/mol. The first-order chi connectivity index (χ1) is 14.8. The van der Waals surface area contributed by atoms with Gasteiger partial charge in [-0.25, -0.2) is 0 Å². The van der Waals surface area contributed by atoms with Crippen molar-refractivity contribution in [1.29, 1.82) is 0 Å². The molecule has 1 N–H and O–H groups in total. The van der Waals surface area contributed by atoms with Crippen molar-refractivity contribution in [1.82, 2.24) is 10.2 Å². The van der Waals surface area contributed by atoms with E-state index >= 15 is 0 Å². The van der Waals surface area contributed by atoms with Gasteiger partial charge in [0, 0.05) is 36.8 Å². The normalized spacial score (nSPS) is 24.3. The second-order valence-electron chi connectivity index (χ2n) is 8.65. The van der Waals surface area contributed by atoms with Crippen LogP contribution in [0.4, 0.5) is 0 Å². The van der Waals surface area contributed by atoms with E-state index in [-0.39, 0.29) is 11.8 Å². The Kier molecular flexibility index (Phi) is 4.13. The van der Waals surface area contributed by atoms with Gasteiger partial charge >= 0.3 is 0 Å². The van der Waals surface area contributed by atoms with Crippen molar-refractivity contribution in [2.45, 2.75) is 18.5 Å². The maximum absolute atomic E-state index is 13.4. The molecule has 1 amide bonds. The van der Waals surface area contributed by atoms with Gasteiger partial charge in [0.05, 0.1) is 5.92 Å². The summed E-state index contributed by atoms with van der Waals surface area (Å²) in [6.07, 6.45) is 0. The second-order valence-corrected chi connectivity index (χ2v) is 8.65. The van der Waals surface area contributed by atoms with Gasteiger partial charge in [-0.1, -0.05) is 66.7 Å². The quantitative estimate of drug-likeness (QED) is 0.720. The van der Waals surface area contributed by atoms with E-state index in [4.69, 9.17) is 4.74 Å². The number of fused-ring (bicyclic) bond motifs is 3. The fourth-order valence-corrected chi connectivity index (χ4v) is 5.24. The first-order valence-corrected chi connectivity index (χ1v) is 10.7. The number of benzene rings is 3. The van der Waals surface area contributed by atoms with E-state index in [0.29, 0.717) is 17.9 Å². The maximum Gasteiger partial charge on any atom is 0.232 e. The number of carbonyl (C=O) groups is 1. The van der Waals surface area contributed by atoms with Crippen LogP contribution < -0.4 is 10.1 Å². The number of rotatable bonds is 4. The molecule has 0 aromatic heterocycles. The van der Waals surface area contributed by atoms with Crippen molar-refractivity contribution >= 4 is 5.91 Å².